The summed E-state index contributed by atoms with van der Waals surface area (Å²) in [6.07, 6.45) is 0. The Balaban J connectivity index is 0.000000847. The topological polar surface area (TPSA) is 75.4 Å². The van der Waals surface area contributed by atoms with Gasteiger partial charge in [-0.05, 0) is 29.8 Å². The van der Waals surface area contributed by atoms with E-state index >= 15 is 0 Å². The summed E-state index contributed by atoms with van der Waals surface area (Å²) in [5.41, 5.74) is 0.501. The van der Waals surface area contributed by atoms with Gasteiger partial charge in [-0.1, -0.05) is 13.8 Å². The average molecular weight is 323 g/mol. The summed E-state index contributed by atoms with van der Waals surface area (Å²) in [4.78, 5) is 24.8. The first kappa shape index (κ1) is 16.0. The van der Waals surface area contributed by atoms with Crippen LogP contribution in [0.3, 0.4) is 0 Å². The molecule has 6 nitrogen and oxygen atoms in total. The molecule has 116 valence electrons. The van der Waals surface area contributed by atoms with E-state index in [2.05, 4.69) is 5.10 Å². The molecule has 0 bridgehead atoms. The second-order valence-corrected chi connectivity index (χ2v) is 4.69. The molecule has 1 N–H and O–H groups in total. The van der Waals surface area contributed by atoms with E-state index in [0.29, 0.717) is 15.2 Å². The lowest BCUT2D eigenvalue weighted by Gasteiger charge is -2.14. The fraction of sp³-hybridized carbons (Fsp3) is 0.214. The quantitative estimate of drug-likeness (QED) is 0.919. The number of phenols is 1. The molecular weight excluding hydrogens is 309 g/mol. The van der Waals surface area contributed by atoms with Crippen LogP contribution in [0.2, 0.25) is 0 Å². The number of fused-ring (bicyclic) bond motifs is 1. The van der Waals surface area contributed by atoms with Crippen molar-refractivity contribution in [1.29, 1.82) is 0 Å². The fourth-order valence-corrected chi connectivity index (χ4v) is 2.31. The third kappa shape index (κ3) is 2.82. The third-order valence-electron chi connectivity index (χ3n) is 2.99. The fourth-order valence-electron chi connectivity index (χ4n) is 2.07. The molecule has 2 heterocycles. The minimum absolute atomic E-state index is 0.0654. The van der Waals surface area contributed by atoms with E-state index in [1.807, 2.05) is 13.8 Å². The number of carbonyl (C=O) groups excluding carboxylic acids is 1. The van der Waals surface area contributed by atoms with E-state index in [-0.39, 0.29) is 36.4 Å². The molecule has 0 fully saturated rings. The van der Waals surface area contributed by atoms with Crippen molar-refractivity contribution < 1.29 is 13.8 Å². The van der Waals surface area contributed by atoms with Gasteiger partial charge in [-0.25, -0.2) is 0 Å². The zero-order valence-corrected chi connectivity index (χ0v) is 12.8. The number of halogens is 1. The lowest BCUT2D eigenvalue weighted by molar-refractivity contribution is 0.0995. The Hall–Kier alpha value is -2.35. The number of anilines is 1. The van der Waals surface area contributed by atoms with E-state index in [1.54, 1.807) is 0 Å². The highest BCUT2D eigenvalue weighted by Crippen LogP contribution is 2.29. The van der Waals surface area contributed by atoms with Crippen LogP contribution in [0, 0.1) is 0 Å². The first-order valence-corrected chi connectivity index (χ1v) is 7.31. The van der Waals surface area contributed by atoms with Crippen LogP contribution in [0.15, 0.2) is 35.1 Å². The average Bonchev–Trinajstić information content (AvgIpc) is 2.86. The molecule has 1 aromatic heterocycles. The number of nitrogens with zero attached hydrogens (tertiary/aromatic N) is 3. The Labute approximate surface area is 130 Å². The maximum atomic E-state index is 12.5. The molecule has 0 aliphatic carbocycles. The summed E-state index contributed by atoms with van der Waals surface area (Å²) in [7, 11) is 0. The summed E-state index contributed by atoms with van der Waals surface area (Å²) >= 11 is -0.329. The van der Waals surface area contributed by atoms with E-state index in [1.165, 1.54) is 29.2 Å². The van der Waals surface area contributed by atoms with Crippen LogP contribution < -0.4 is 10.5 Å². The summed E-state index contributed by atoms with van der Waals surface area (Å²) in [5, 5.41) is 13.2. The van der Waals surface area contributed by atoms with Gasteiger partial charge >= 0.3 is 0 Å². The smallest absolute Gasteiger partial charge is 0.279 e. The minimum atomic E-state index is -0.608. The molecule has 1 aromatic carbocycles. The molecule has 1 amide bonds. The first-order valence-electron chi connectivity index (χ1n) is 6.63. The zero-order valence-electron chi connectivity index (χ0n) is 12.0. The van der Waals surface area contributed by atoms with Gasteiger partial charge in [0.2, 0.25) is 0 Å². The molecule has 22 heavy (non-hydrogen) atoms. The third-order valence-corrected chi connectivity index (χ3v) is 3.38. The van der Waals surface area contributed by atoms with Gasteiger partial charge in [0, 0.05) is 11.6 Å². The van der Waals surface area contributed by atoms with Crippen LogP contribution >= 0.6 is 12.3 Å². The lowest BCUT2D eigenvalue weighted by atomic mass is 10.1. The predicted molar refractivity (Wildman–Crippen MR) is 82.6 cm³/mol. The molecule has 8 heteroatoms. The number of hydrogen-bond donors (Lipinski definition) is 1. The largest absolute Gasteiger partial charge is 0.508 e. The molecule has 2 aromatic rings. The number of rotatable bonds is 2. The number of aromatic hydroxyl groups is 1. The van der Waals surface area contributed by atoms with Crippen molar-refractivity contribution in [1.82, 2.24) is 9.19 Å². The normalized spacial score (nSPS) is 12.7. The van der Waals surface area contributed by atoms with Crippen LogP contribution in [0.4, 0.5) is 9.70 Å². The van der Waals surface area contributed by atoms with Gasteiger partial charge in [-0.15, -0.1) is 13.1 Å². The molecule has 0 saturated heterocycles. The van der Waals surface area contributed by atoms with Crippen molar-refractivity contribution in [3.63, 3.8) is 0 Å². The SMILES string of the molecule is CC.O=C1c2ccc(O)cc2CN1c1ccc(=O)n(SF)n1. The van der Waals surface area contributed by atoms with Crippen molar-refractivity contribution in [2.45, 2.75) is 20.4 Å². The number of carbonyl (C=O) groups is 1. The predicted octanol–water partition coefficient (Wildman–Crippen LogP) is 2.52. The maximum absolute atomic E-state index is 12.5. The monoisotopic (exact) mass is 323 g/mol. The number of hydrogen-bond acceptors (Lipinski definition) is 5. The standard InChI is InChI=1S/C12H8FN3O3S.C2H6/c13-20-16-11(18)4-3-10(14-16)15-6-7-5-8(17)1-2-9(7)12(15)19;1-2/h1-5,17H,6H2;1-2H3. The molecular formula is C14H14FN3O3S. The van der Waals surface area contributed by atoms with Gasteiger partial charge in [0.05, 0.1) is 6.54 Å². The van der Waals surface area contributed by atoms with E-state index < -0.39 is 5.56 Å². The Morgan fingerprint density at radius 1 is 1.23 bits per heavy atom. The van der Waals surface area contributed by atoms with Gasteiger partial charge in [-0.3, -0.25) is 14.5 Å². The number of aromatic nitrogens is 2. The Morgan fingerprint density at radius 3 is 2.64 bits per heavy atom. The number of amides is 1. The molecule has 0 radical (unpaired) electrons. The van der Waals surface area contributed by atoms with E-state index in [9.17, 15) is 18.6 Å². The molecule has 3 rings (SSSR count). The van der Waals surface area contributed by atoms with Gasteiger partial charge in [0.15, 0.2) is 18.2 Å². The van der Waals surface area contributed by atoms with Gasteiger partial charge in [0.25, 0.3) is 11.5 Å². The summed E-state index contributed by atoms with van der Waals surface area (Å²) in [6, 6.07) is 6.94. The number of benzene rings is 1. The van der Waals surface area contributed by atoms with E-state index in [4.69, 9.17) is 0 Å². The van der Waals surface area contributed by atoms with Crippen molar-refractivity contribution in [2.75, 3.05) is 4.90 Å². The second-order valence-electron chi connectivity index (χ2n) is 4.20. The Bertz CT molecular complexity index is 763. The highest BCUT2D eigenvalue weighted by Gasteiger charge is 2.29. The van der Waals surface area contributed by atoms with Crippen LogP contribution in [0.1, 0.15) is 29.8 Å². The Morgan fingerprint density at radius 2 is 1.95 bits per heavy atom. The molecule has 0 spiro atoms. The molecule has 1 aliphatic rings. The van der Waals surface area contributed by atoms with Gasteiger partial charge < -0.3 is 5.11 Å². The van der Waals surface area contributed by atoms with Crippen LogP contribution in [-0.4, -0.2) is 20.2 Å². The van der Waals surface area contributed by atoms with E-state index in [0.717, 1.165) is 6.07 Å². The lowest BCUT2D eigenvalue weighted by Crippen LogP contribution is -2.27. The number of phenolic OH excluding ortho intramolecular Hbond substituents is 1. The molecule has 0 atom stereocenters. The molecule has 0 unspecified atom stereocenters. The second kappa shape index (κ2) is 6.61. The summed E-state index contributed by atoms with van der Waals surface area (Å²) in [6.45, 7) is 4.21. The summed E-state index contributed by atoms with van der Waals surface area (Å²) < 4.78 is 13.1. The maximum Gasteiger partial charge on any atom is 0.279 e. The zero-order chi connectivity index (χ0) is 16.3. The first-order chi connectivity index (χ1) is 10.6. The highest BCUT2D eigenvalue weighted by atomic mass is 32.2. The van der Waals surface area contributed by atoms with Crippen LogP contribution in [0.25, 0.3) is 0 Å². The van der Waals surface area contributed by atoms with Crippen molar-refractivity contribution in [3.05, 3.63) is 51.8 Å². The van der Waals surface area contributed by atoms with Crippen molar-refractivity contribution >= 4 is 24.1 Å². The summed E-state index contributed by atoms with van der Waals surface area (Å²) in [5.74, 6) is -0.0624. The minimum Gasteiger partial charge on any atom is -0.508 e. The Kier molecular flexibility index (Phi) is 4.81. The van der Waals surface area contributed by atoms with Crippen molar-refractivity contribution in [2.24, 2.45) is 0 Å². The van der Waals surface area contributed by atoms with Crippen LogP contribution in [-0.2, 0) is 6.54 Å². The molecule has 1 aliphatic heterocycles. The highest BCUT2D eigenvalue weighted by molar-refractivity contribution is 7.92. The van der Waals surface area contributed by atoms with Crippen molar-refractivity contribution in [3.8, 4) is 5.75 Å². The van der Waals surface area contributed by atoms with Crippen LogP contribution in [0.5, 0.6) is 5.75 Å². The van der Waals surface area contributed by atoms with Gasteiger partial charge in [-0.2, -0.15) is 0 Å². The molecule has 0 saturated carbocycles. The van der Waals surface area contributed by atoms with Gasteiger partial charge in [0.1, 0.15) is 5.75 Å².